The normalized spacial score (nSPS) is 10.7. The predicted molar refractivity (Wildman–Crippen MR) is 107 cm³/mol. The molecule has 27 heavy (non-hydrogen) atoms. The van der Waals surface area contributed by atoms with Crippen LogP contribution in [0.5, 0.6) is 0 Å². The van der Waals surface area contributed by atoms with Crippen LogP contribution in [0.15, 0.2) is 67.0 Å². The summed E-state index contributed by atoms with van der Waals surface area (Å²) in [6, 6.07) is 16.0. The molecule has 0 unspecified atom stereocenters. The first-order chi connectivity index (χ1) is 13.1. The zero-order chi connectivity index (χ0) is 18.8. The molecule has 2 aromatic carbocycles. The van der Waals surface area contributed by atoms with Crippen molar-refractivity contribution in [2.45, 2.75) is 0 Å². The van der Waals surface area contributed by atoms with Crippen LogP contribution >= 0.6 is 11.6 Å². The highest BCUT2D eigenvalue weighted by Gasteiger charge is 2.11. The Morgan fingerprint density at radius 1 is 1.00 bits per heavy atom. The van der Waals surface area contributed by atoms with Crippen molar-refractivity contribution in [3.63, 3.8) is 0 Å². The summed E-state index contributed by atoms with van der Waals surface area (Å²) in [4.78, 5) is 24.9. The summed E-state index contributed by atoms with van der Waals surface area (Å²) in [6.07, 6.45) is 3.15. The standard InChI is InChI=1S/C20H14ClN5O/c21-14-4-5-17-16(11-14)18(26-20(22)25-17)13-2-1-3-15(10-13)24-19(27)12-6-8-23-9-7-12/h1-11H,(H,24,27)(H2,22,25,26). The van der Waals surface area contributed by atoms with Crippen molar-refractivity contribution in [2.75, 3.05) is 11.1 Å². The number of nitrogens with zero attached hydrogens (tertiary/aromatic N) is 3. The molecule has 0 atom stereocenters. The first-order valence-electron chi connectivity index (χ1n) is 8.15. The zero-order valence-electron chi connectivity index (χ0n) is 14.1. The van der Waals surface area contributed by atoms with Gasteiger partial charge in [-0.3, -0.25) is 9.78 Å². The number of nitrogens with one attached hydrogen (secondary N) is 1. The van der Waals surface area contributed by atoms with Crippen molar-refractivity contribution in [1.82, 2.24) is 15.0 Å². The number of amides is 1. The second kappa shape index (κ2) is 7.01. The molecule has 0 aliphatic rings. The van der Waals surface area contributed by atoms with Gasteiger partial charge in [-0.05, 0) is 42.5 Å². The molecule has 2 aromatic heterocycles. The Bertz CT molecular complexity index is 1150. The van der Waals surface area contributed by atoms with Gasteiger partial charge in [0.15, 0.2) is 0 Å². The van der Waals surface area contributed by atoms with E-state index in [0.29, 0.717) is 27.5 Å². The lowest BCUT2D eigenvalue weighted by Crippen LogP contribution is -2.11. The van der Waals surface area contributed by atoms with E-state index in [9.17, 15) is 4.79 Å². The Morgan fingerprint density at radius 3 is 2.63 bits per heavy atom. The van der Waals surface area contributed by atoms with Crippen LogP contribution in [0, 0.1) is 0 Å². The summed E-state index contributed by atoms with van der Waals surface area (Å²) in [6.45, 7) is 0. The van der Waals surface area contributed by atoms with Crippen molar-refractivity contribution in [1.29, 1.82) is 0 Å². The number of anilines is 2. The summed E-state index contributed by atoms with van der Waals surface area (Å²) in [5, 5.41) is 4.24. The molecule has 0 saturated carbocycles. The van der Waals surface area contributed by atoms with Crippen LogP contribution in [-0.2, 0) is 0 Å². The van der Waals surface area contributed by atoms with Gasteiger partial charge in [-0.2, -0.15) is 0 Å². The first kappa shape index (κ1) is 16.9. The number of rotatable bonds is 3. The third kappa shape index (κ3) is 3.56. The van der Waals surface area contributed by atoms with Gasteiger partial charge in [0, 0.05) is 39.6 Å². The molecule has 6 nitrogen and oxygen atoms in total. The minimum atomic E-state index is -0.218. The van der Waals surface area contributed by atoms with Gasteiger partial charge in [0.25, 0.3) is 5.91 Å². The molecule has 4 rings (SSSR count). The molecule has 7 heteroatoms. The predicted octanol–water partition coefficient (Wildman–Crippen LogP) is 4.18. The van der Waals surface area contributed by atoms with Gasteiger partial charge < -0.3 is 11.1 Å². The van der Waals surface area contributed by atoms with Gasteiger partial charge in [-0.15, -0.1) is 0 Å². The molecule has 0 bridgehead atoms. The van der Waals surface area contributed by atoms with Crippen LogP contribution < -0.4 is 11.1 Å². The Hall–Kier alpha value is -3.51. The summed E-state index contributed by atoms with van der Waals surface area (Å²) in [5.74, 6) is -0.0456. The van der Waals surface area contributed by atoms with Crippen LogP contribution in [0.2, 0.25) is 5.02 Å². The molecule has 0 radical (unpaired) electrons. The van der Waals surface area contributed by atoms with E-state index in [1.807, 2.05) is 24.3 Å². The van der Waals surface area contributed by atoms with Gasteiger partial charge in [-0.1, -0.05) is 23.7 Å². The van der Waals surface area contributed by atoms with Crippen LogP contribution in [0.1, 0.15) is 10.4 Å². The smallest absolute Gasteiger partial charge is 0.255 e. The van der Waals surface area contributed by atoms with E-state index in [4.69, 9.17) is 17.3 Å². The number of fused-ring (bicyclic) bond motifs is 1. The molecule has 0 aliphatic heterocycles. The lowest BCUT2D eigenvalue weighted by Gasteiger charge is -2.10. The number of hydrogen-bond acceptors (Lipinski definition) is 5. The second-order valence-corrected chi connectivity index (χ2v) is 6.30. The monoisotopic (exact) mass is 375 g/mol. The fourth-order valence-electron chi connectivity index (χ4n) is 2.79. The highest BCUT2D eigenvalue weighted by atomic mass is 35.5. The van der Waals surface area contributed by atoms with Gasteiger partial charge in [0.2, 0.25) is 5.95 Å². The number of aromatic nitrogens is 3. The maximum atomic E-state index is 12.4. The van der Waals surface area contributed by atoms with E-state index in [1.165, 1.54) is 0 Å². The molecular weight excluding hydrogens is 362 g/mol. The number of carbonyl (C=O) groups excluding carboxylic acids is 1. The van der Waals surface area contributed by atoms with Crippen LogP contribution in [0.3, 0.4) is 0 Å². The summed E-state index contributed by atoms with van der Waals surface area (Å²) in [5.41, 5.74) is 9.18. The van der Waals surface area contributed by atoms with Crippen molar-refractivity contribution in [3.05, 3.63) is 77.6 Å². The van der Waals surface area contributed by atoms with Crippen LogP contribution in [0.25, 0.3) is 22.2 Å². The lowest BCUT2D eigenvalue weighted by molar-refractivity contribution is 0.102. The molecule has 0 saturated heterocycles. The number of halogens is 1. The molecular formula is C20H14ClN5O. The second-order valence-electron chi connectivity index (χ2n) is 5.86. The summed E-state index contributed by atoms with van der Waals surface area (Å²) >= 11 is 6.14. The summed E-state index contributed by atoms with van der Waals surface area (Å²) in [7, 11) is 0. The van der Waals surface area contributed by atoms with Gasteiger partial charge in [0.05, 0.1) is 11.2 Å². The van der Waals surface area contributed by atoms with E-state index >= 15 is 0 Å². The van der Waals surface area contributed by atoms with E-state index in [1.54, 1.807) is 42.7 Å². The number of nitrogens with two attached hydrogens (primary N) is 1. The number of nitrogen functional groups attached to an aromatic ring is 1. The van der Waals surface area contributed by atoms with Gasteiger partial charge in [0.1, 0.15) is 0 Å². The van der Waals surface area contributed by atoms with Gasteiger partial charge >= 0.3 is 0 Å². The SMILES string of the molecule is Nc1nc(-c2cccc(NC(=O)c3ccncc3)c2)c2cc(Cl)ccc2n1. The third-order valence-corrected chi connectivity index (χ3v) is 4.25. The van der Waals surface area contributed by atoms with Crippen LogP contribution in [-0.4, -0.2) is 20.9 Å². The Labute approximate surface area is 160 Å². The molecule has 0 spiro atoms. The topological polar surface area (TPSA) is 93.8 Å². The first-order valence-corrected chi connectivity index (χ1v) is 8.52. The Balaban J connectivity index is 1.74. The average molecular weight is 376 g/mol. The lowest BCUT2D eigenvalue weighted by atomic mass is 10.1. The van der Waals surface area contributed by atoms with E-state index in [2.05, 4.69) is 20.3 Å². The van der Waals surface area contributed by atoms with E-state index in [-0.39, 0.29) is 11.9 Å². The molecule has 0 fully saturated rings. The third-order valence-electron chi connectivity index (χ3n) is 4.01. The van der Waals surface area contributed by atoms with E-state index < -0.39 is 0 Å². The van der Waals surface area contributed by atoms with Crippen molar-refractivity contribution in [3.8, 4) is 11.3 Å². The van der Waals surface area contributed by atoms with Gasteiger partial charge in [-0.25, -0.2) is 9.97 Å². The largest absolute Gasteiger partial charge is 0.368 e. The molecule has 132 valence electrons. The molecule has 1 amide bonds. The highest BCUT2D eigenvalue weighted by Crippen LogP contribution is 2.30. The minimum Gasteiger partial charge on any atom is -0.368 e. The maximum Gasteiger partial charge on any atom is 0.255 e. The fourth-order valence-corrected chi connectivity index (χ4v) is 2.96. The maximum absolute atomic E-state index is 12.4. The summed E-state index contributed by atoms with van der Waals surface area (Å²) < 4.78 is 0. The molecule has 3 N–H and O–H groups in total. The zero-order valence-corrected chi connectivity index (χ0v) is 14.8. The molecule has 2 heterocycles. The molecule has 0 aliphatic carbocycles. The van der Waals surface area contributed by atoms with Crippen LogP contribution in [0.4, 0.5) is 11.6 Å². The number of hydrogen-bond donors (Lipinski definition) is 2. The molecule has 4 aromatic rings. The highest BCUT2D eigenvalue weighted by molar-refractivity contribution is 6.31. The number of pyridine rings is 1. The average Bonchev–Trinajstić information content (AvgIpc) is 2.68. The quantitative estimate of drug-likeness (QED) is 0.560. The van der Waals surface area contributed by atoms with Crippen molar-refractivity contribution < 1.29 is 4.79 Å². The number of benzene rings is 2. The van der Waals surface area contributed by atoms with E-state index in [0.717, 1.165) is 10.9 Å². The van der Waals surface area contributed by atoms with Crippen molar-refractivity contribution in [2.24, 2.45) is 0 Å². The fraction of sp³-hybridized carbons (Fsp3) is 0. The Kier molecular flexibility index (Phi) is 4.40. The minimum absolute atomic E-state index is 0.172. The Morgan fingerprint density at radius 2 is 1.81 bits per heavy atom. The van der Waals surface area contributed by atoms with Crippen molar-refractivity contribution >= 4 is 40.0 Å². The number of carbonyl (C=O) groups is 1.